The van der Waals surface area contributed by atoms with Crippen LogP contribution < -0.4 is 32.0 Å². The number of benzene rings is 5. The summed E-state index contributed by atoms with van der Waals surface area (Å²) in [6.07, 6.45) is 9.59. The van der Waals surface area contributed by atoms with Crippen LogP contribution in [0.1, 0.15) is 75.4 Å². The first-order valence-electron chi connectivity index (χ1n) is 22.4. The van der Waals surface area contributed by atoms with Gasteiger partial charge in [-0.2, -0.15) is 0 Å². The minimum atomic E-state index is -0.636. The second kappa shape index (κ2) is 22.5. The number of nitrogens with one attached hydrogen (secondary N) is 1. The van der Waals surface area contributed by atoms with Gasteiger partial charge in [0, 0.05) is 29.9 Å². The highest BCUT2D eigenvalue weighted by molar-refractivity contribution is 6.09. The minimum Gasteiger partial charge on any atom is -0.493 e. The third-order valence-electron chi connectivity index (χ3n) is 11.3. The topological polar surface area (TPSA) is 199 Å². The van der Waals surface area contributed by atoms with Gasteiger partial charge in [-0.25, -0.2) is 4.68 Å². The number of rotatable bonds is 24. The summed E-state index contributed by atoms with van der Waals surface area (Å²) < 4.78 is 16.7. The van der Waals surface area contributed by atoms with E-state index in [9.17, 15) is 4.79 Å². The largest absolute Gasteiger partial charge is 0.493 e. The van der Waals surface area contributed by atoms with Crippen molar-refractivity contribution in [1.29, 1.82) is 0 Å². The van der Waals surface area contributed by atoms with Crippen LogP contribution in [-0.2, 0) is 30.8 Å². The van der Waals surface area contributed by atoms with Crippen LogP contribution >= 0.6 is 0 Å². The molecule has 7 rings (SSSR count). The first-order chi connectivity index (χ1) is 31.2. The van der Waals surface area contributed by atoms with Crippen molar-refractivity contribution in [3.05, 3.63) is 132 Å². The molecular weight excluding hydrogens is 803 g/mol. The van der Waals surface area contributed by atoms with E-state index >= 15 is 0 Å². The van der Waals surface area contributed by atoms with Crippen molar-refractivity contribution < 1.29 is 14.3 Å². The summed E-state index contributed by atoms with van der Waals surface area (Å²) >= 11 is 0. The highest BCUT2D eigenvalue weighted by Gasteiger charge is 2.26. The van der Waals surface area contributed by atoms with E-state index in [-0.39, 0.29) is 24.5 Å². The van der Waals surface area contributed by atoms with Gasteiger partial charge in [0.15, 0.2) is 5.96 Å². The Labute approximate surface area is 375 Å². The second-order valence-electron chi connectivity index (χ2n) is 16.7. The molecule has 0 spiro atoms. The Hall–Kier alpha value is -6.80. The van der Waals surface area contributed by atoms with Crippen LogP contribution in [-0.4, -0.2) is 67.6 Å². The van der Waals surface area contributed by atoms with Gasteiger partial charge in [0.05, 0.1) is 25.0 Å². The van der Waals surface area contributed by atoms with Crippen molar-refractivity contribution >= 4 is 33.4 Å². The number of nitrogens with two attached hydrogens (primary N) is 3. The van der Waals surface area contributed by atoms with Crippen LogP contribution in [0.2, 0.25) is 0 Å². The van der Waals surface area contributed by atoms with E-state index < -0.39 is 6.04 Å². The van der Waals surface area contributed by atoms with Crippen molar-refractivity contribution in [1.82, 2.24) is 35.3 Å². The van der Waals surface area contributed by atoms with Crippen LogP contribution in [0, 0.1) is 5.92 Å². The number of hydrogen-bond acceptors (Lipinski definition) is 9. The SMILES string of the molecule is CC(C)CCOc1ccc2ccccc2c1-c1c(OCc2cn([C@H](CCCCN)C(=O)N[C@H](CCCN=C(N)N)Cn3cc(CCc4ccccc4)nn3)nn2)ccc2ccccc12. The Morgan fingerprint density at radius 3 is 2.08 bits per heavy atom. The number of aromatic nitrogens is 6. The van der Waals surface area contributed by atoms with E-state index in [2.05, 4.69) is 112 Å². The lowest BCUT2D eigenvalue weighted by atomic mass is 9.92. The highest BCUT2D eigenvalue weighted by atomic mass is 16.5. The zero-order chi connectivity index (χ0) is 44.7. The van der Waals surface area contributed by atoms with Gasteiger partial charge in [-0.05, 0) is 103 Å². The van der Waals surface area contributed by atoms with Crippen LogP contribution in [0.15, 0.2) is 121 Å². The zero-order valence-corrected chi connectivity index (χ0v) is 37.0. The molecule has 14 heteroatoms. The smallest absolute Gasteiger partial charge is 0.245 e. The number of aryl methyl sites for hydroxylation is 2. The molecule has 14 nitrogen and oxygen atoms in total. The number of ether oxygens (including phenoxy) is 2. The van der Waals surface area contributed by atoms with Crippen molar-refractivity contribution in [2.75, 3.05) is 19.7 Å². The van der Waals surface area contributed by atoms with E-state index in [1.165, 1.54) is 5.56 Å². The van der Waals surface area contributed by atoms with E-state index in [0.717, 1.165) is 76.2 Å². The summed E-state index contributed by atoms with van der Waals surface area (Å²) in [5, 5.41) is 25.5. The van der Waals surface area contributed by atoms with Crippen molar-refractivity contribution in [2.45, 2.75) is 90.4 Å². The van der Waals surface area contributed by atoms with Gasteiger partial charge < -0.3 is 32.0 Å². The van der Waals surface area contributed by atoms with Gasteiger partial charge in [0.25, 0.3) is 0 Å². The van der Waals surface area contributed by atoms with Crippen molar-refractivity contribution in [3.8, 4) is 22.6 Å². The number of carbonyl (C=O) groups is 1. The summed E-state index contributed by atoms with van der Waals surface area (Å²) in [6.45, 7) is 6.51. The van der Waals surface area contributed by atoms with Crippen molar-refractivity contribution in [2.24, 2.45) is 28.1 Å². The molecule has 1 amide bonds. The molecule has 7 N–H and O–H groups in total. The molecule has 64 heavy (non-hydrogen) atoms. The van der Waals surface area contributed by atoms with Crippen LogP contribution in [0.25, 0.3) is 32.7 Å². The molecule has 0 saturated carbocycles. The monoisotopic (exact) mass is 863 g/mol. The molecule has 5 aromatic carbocycles. The molecule has 2 aromatic heterocycles. The number of unbranched alkanes of at least 4 members (excludes halogenated alkanes) is 1. The fraction of sp³-hybridized carbons (Fsp3) is 0.360. The maximum absolute atomic E-state index is 14.3. The average molecular weight is 864 g/mol. The molecule has 2 heterocycles. The molecule has 0 radical (unpaired) electrons. The first-order valence-corrected chi connectivity index (χ1v) is 22.4. The number of nitrogens with zero attached hydrogens (tertiary/aromatic N) is 7. The Bertz CT molecular complexity index is 2600. The van der Waals surface area contributed by atoms with Gasteiger partial charge >= 0.3 is 0 Å². The van der Waals surface area contributed by atoms with Gasteiger partial charge in [-0.3, -0.25) is 14.5 Å². The summed E-state index contributed by atoms with van der Waals surface area (Å²) in [6, 6.07) is 34.3. The third-order valence-corrected chi connectivity index (χ3v) is 11.3. The molecule has 7 aromatic rings. The molecule has 0 aliphatic carbocycles. The van der Waals surface area contributed by atoms with E-state index in [1.807, 2.05) is 42.6 Å². The highest BCUT2D eigenvalue weighted by Crippen LogP contribution is 2.45. The Morgan fingerprint density at radius 2 is 1.39 bits per heavy atom. The van der Waals surface area contributed by atoms with Gasteiger partial charge in [-0.1, -0.05) is 115 Å². The normalized spacial score (nSPS) is 12.4. The number of carbonyl (C=O) groups excluding carboxylic acids is 1. The van der Waals surface area contributed by atoms with Gasteiger partial charge in [-0.15, -0.1) is 10.2 Å². The molecule has 2 atom stereocenters. The maximum Gasteiger partial charge on any atom is 0.245 e. The minimum absolute atomic E-state index is 0.0344. The molecule has 0 saturated heterocycles. The molecule has 0 fully saturated rings. The average Bonchev–Trinajstić information content (AvgIpc) is 3.97. The van der Waals surface area contributed by atoms with E-state index in [1.54, 1.807) is 15.6 Å². The first kappa shape index (κ1) is 45.2. The Balaban J connectivity index is 1.11. The standard InChI is InChI=1S/C50H61N11O3/c1-35(2)27-30-63-45-25-22-37-15-6-8-18-42(37)47(45)48-43-19-9-7-16-38(43)23-26-46(48)64-34-41-33-61(59-57-41)44(20-10-11-28-51)49(62)55-39(17-12-29-54-50(52)53)31-60-32-40(56-58-60)24-21-36-13-4-3-5-14-36/h3-9,13-16,18-19,22-23,25-26,32-33,35,39,44H,10-12,17,20-21,24,27-31,34,51H2,1-2H3,(H,55,62)(H4,52,53,54)/t39-,44-/m1/s1. The van der Waals surface area contributed by atoms with Crippen LogP contribution in [0.5, 0.6) is 11.5 Å². The van der Waals surface area contributed by atoms with Crippen LogP contribution in [0.3, 0.4) is 0 Å². The Morgan fingerprint density at radius 1 is 0.719 bits per heavy atom. The number of hydrogen-bond donors (Lipinski definition) is 4. The Kier molecular flexibility index (Phi) is 15.9. The molecule has 0 aliphatic rings. The number of guanidine groups is 1. The molecular formula is C50H61N11O3. The lowest BCUT2D eigenvalue weighted by Crippen LogP contribution is -2.42. The van der Waals surface area contributed by atoms with E-state index in [4.69, 9.17) is 26.7 Å². The molecule has 334 valence electrons. The third kappa shape index (κ3) is 12.2. The lowest BCUT2D eigenvalue weighted by molar-refractivity contribution is -0.125. The van der Waals surface area contributed by atoms with E-state index in [0.29, 0.717) is 62.9 Å². The van der Waals surface area contributed by atoms with Gasteiger partial charge in [0.2, 0.25) is 5.91 Å². The molecule has 0 bridgehead atoms. The van der Waals surface area contributed by atoms with Crippen molar-refractivity contribution in [3.63, 3.8) is 0 Å². The van der Waals surface area contributed by atoms with Crippen LogP contribution in [0.4, 0.5) is 0 Å². The summed E-state index contributed by atoms with van der Waals surface area (Å²) in [7, 11) is 0. The summed E-state index contributed by atoms with van der Waals surface area (Å²) in [5.74, 6) is 1.86. The fourth-order valence-corrected chi connectivity index (χ4v) is 7.95. The lowest BCUT2D eigenvalue weighted by Gasteiger charge is -2.23. The summed E-state index contributed by atoms with van der Waals surface area (Å²) in [5.41, 5.74) is 21.8. The zero-order valence-electron chi connectivity index (χ0n) is 37.0. The predicted molar refractivity (Wildman–Crippen MR) is 254 cm³/mol. The summed E-state index contributed by atoms with van der Waals surface area (Å²) in [4.78, 5) is 18.5. The number of amides is 1. The van der Waals surface area contributed by atoms with Gasteiger partial charge in [0.1, 0.15) is 29.8 Å². The predicted octanol–water partition coefficient (Wildman–Crippen LogP) is 7.54. The second-order valence-corrected chi connectivity index (χ2v) is 16.7. The number of fused-ring (bicyclic) bond motifs is 2. The number of aliphatic imine (C=N–C) groups is 1. The fourth-order valence-electron chi connectivity index (χ4n) is 7.95. The maximum atomic E-state index is 14.3. The quantitative estimate of drug-likeness (QED) is 0.0267. The molecule has 0 aliphatic heterocycles. The molecule has 0 unspecified atom stereocenters.